The van der Waals surface area contributed by atoms with Crippen LogP contribution in [0.3, 0.4) is 0 Å². The fourth-order valence-corrected chi connectivity index (χ4v) is 9.99. The summed E-state index contributed by atoms with van der Waals surface area (Å²) in [6.45, 7) is 14.6. The van der Waals surface area contributed by atoms with Gasteiger partial charge in [-0.2, -0.15) is 0 Å². The molecule has 2 N–H and O–H groups in total. The Kier molecular flexibility index (Phi) is 5.81. The van der Waals surface area contributed by atoms with E-state index >= 15 is 0 Å². The van der Waals surface area contributed by atoms with Crippen molar-refractivity contribution in [3.63, 3.8) is 0 Å². The highest BCUT2D eigenvalue weighted by molar-refractivity contribution is 5.98. The Hall–Kier alpha value is -2.22. The summed E-state index contributed by atoms with van der Waals surface area (Å²) in [5.41, 5.74) is 0.846. The second-order valence-corrected chi connectivity index (χ2v) is 14.1. The number of aliphatic hydroxyl groups is 2. The van der Waals surface area contributed by atoms with Gasteiger partial charge in [0.2, 0.25) is 0 Å². The van der Waals surface area contributed by atoms with E-state index in [2.05, 4.69) is 27.7 Å². The predicted molar refractivity (Wildman–Crippen MR) is 143 cm³/mol. The summed E-state index contributed by atoms with van der Waals surface area (Å²) >= 11 is 0. The van der Waals surface area contributed by atoms with Crippen LogP contribution in [-0.4, -0.2) is 46.9 Å². The lowest BCUT2D eigenvalue weighted by molar-refractivity contribution is -0.244. The van der Waals surface area contributed by atoms with Crippen LogP contribution in [0.2, 0.25) is 0 Å². The maximum atomic E-state index is 14.2. The molecule has 0 amide bonds. The standard InChI is InChI=1S/C32H42O7/c1-16(2)17(3)24(35)19-12-22(33)30(5)15-38-25-26(30)31(19,6)20-8-10-29(4)21(32(20,7)27(25)36)13-23(34)39-28(29)18-9-11-37-14-18/h9,11,13-14,19-20,22,25-28,33,36H,8,10,12,15H2,1-7H3. The molecule has 0 radical (unpaired) electrons. The highest BCUT2D eigenvalue weighted by Gasteiger charge is 2.76. The molecule has 5 aliphatic rings. The van der Waals surface area contributed by atoms with Gasteiger partial charge in [-0.25, -0.2) is 4.79 Å². The fraction of sp³-hybridized carbons (Fsp3) is 0.688. The normalized spacial score (nSPS) is 48.3. The summed E-state index contributed by atoms with van der Waals surface area (Å²) in [5.74, 6) is -1.09. The van der Waals surface area contributed by atoms with Crippen LogP contribution in [0.4, 0.5) is 0 Å². The molecule has 4 fully saturated rings. The Bertz CT molecular complexity index is 1270. The van der Waals surface area contributed by atoms with Crippen molar-refractivity contribution in [2.75, 3.05) is 6.61 Å². The first-order chi connectivity index (χ1) is 18.2. The number of fused-ring (bicyclic) bond motifs is 4. The molecule has 11 atom stereocenters. The molecule has 0 spiro atoms. The Balaban J connectivity index is 1.55. The molecule has 3 saturated carbocycles. The molecule has 6 rings (SSSR count). The molecule has 212 valence electrons. The van der Waals surface area contributed by atoms with Crippen LogP contribution >= 0.6 is 0 Å². The quantitative estimate of drug-likeness (QED) is 0.415. The number of hydrogen-bond acceptors (Lipinski definition) is 7. The van der Waals surface area contributed by atoms with E-state index in [0.29, 0.717) is 13.0 Å². The molecule has 7 nitrogen and oxygen atoms in total. The molecule has 39 heavy (non-hydrogen) atoms. The molecule has 7 heteroatoms. The molecule has 1 saturated heterocycles. The Morgan fingerprint density at radius 2 is 1.82 bits per heavy atom. The van der Waals surface area contributed by atoms with E-state index < -0.39 is 58.0 Å². The van der Waals surface area contributed by atoms with Crippen LogP contribution < -0.4 is 0 Å². The van der Waals surface area contributed by atoms with Gasteiger partial charge in [-0.15, -0.1) is 0 Å². The van der Waals surface area contributed by atoms with E-state index in [0.717, 1.165) is 35.1 Å². The van der Waals surface area contributed by atoms with E-state index in [1.807, 2.05) is 26.8 Å². The van der Waals surface area contributed by atoms with Gasteiger partial charge in [0.05, 0.1) is 37.4 Å². The van der Waals surface area contributed by atoms with Crippen LogP contribution in [0.15, 0.2) is 45.8 Å². The number of Topliss-reactive ketones (excluding diaryl/α,β-unsaturated/α-hetero) is 1. The topological polar surface area (TPSA) is 106 Å². The number of rotatable bonds is 3. The molecule has 3 aliphatic carbocycles. The van der Waals surface area contributed by atoms with Crippen LogP contribution in [0.5, 0.6) is 0 Å². The monoisotopic (exact) mass is 538 g/mol. The number of carbonyl (C=O) groups is 2. The number of carbonyl (C=O) groups excluding carboxylic acids is 2. The predicted octanol–water partition coefficient (Wildman–Crippen LogP) is 4.93. The largest absolute Gasteiger partial charge is 0.472 e. The van der Waals surface area contributed by atoms with Gasteiger partial charge in [0.1, 0.15) is 6.10 Å². The lowest BCUT2D eigenvalue weighted by atomic mass is 9.34. The molecule has 0 bridgehead atoms. The van der Waals surface area contributed by atoms with Gasteiger partial charge in [-0.05, 0) is 68.6 Å². The molecule has 0 aromatic carbocycles. The highest BCUT2D eigenvalue weighted by atomic mass is 16.5. The van der Waals surface area contributed by atoms with Gasteiger partial charge < -0.3 is 24.1 Å². The summed E-state index contributed by atoms with van der Waals surface area (Å²) < 4.78 is 17.7. The van der Waals surface area contributed by atoms with Gasteiger partial charge in [0.15, 0.2) is 5.78 Å². The van der Waals surface area contributed by atoms with Crippen molar-refractivity contribution < 1.29 is 33.7 Å². The lowest BCUT2D eigenvalue weighted by Gasteiger charge is -2.70. The first-order valence-corrected chi connectivity index (χ1v) is 14.3. The minimum absolute atomic E-state index is 0.0737. The molecule has 1 aromatic rings. The van der Waals surface area contributed by atoms with E-state index in [9.17, 15) is 19.8 Å². The van der Waals surface area contributed by atoms with Gasteiger partial charge in [-0.1, -0.05) is 33.3 Å². The summed E-state index contributed by atoms with van der Waals surface area (Å²) in [6.07, 6.45) is 3.93. The van der Waals surface area contributed by atoms with E-state index in [4.69, 9.17) is 13.9 Å². The molecule has 2 aliphatic heterocycles. The highest BCUT2D eigenvalue weighted by Crippen LogP contribution is 2.75. The zero-order chi connectivity index (χ0) is 28.3. The van der Waals surface area contributed by atoms with E-state index in [-0.39, 0.29) is 17.6 Å². The first kappa shape index (κ1) is 27.0. The molecule has 1 aromatic heterocycles. The minimum atomic E-state index is -0.908. The van der Waals surface area contributed by atoms with Gasteiger partial charge in [0, 0.05) is 39.7 Å². The summed E-state index contributed by atoms with van der Waals surface area (Å²) in [4.78, 5) is 27.3. The third kappa shape index (κ3) is 3.21. The van der Waals surface area contributed by atoms with Gasteiger partial charge >= 0.3 is 5.97 Å². The Morgan fingerprint density at radius 1 is 1.10 bits per heavy atom. The van der Waals surface area contributed by atoms with E-state index in [1.165, 1.54) is 0 Å². The minimum Gasteiger partial charge on any atom is -0.472 e. The SMILES string of the molecule is CC(C)=C(C)C(=O)C1CC(O)C2(C)COC3C(O)C4(C)C5=CC(=O)OC(c6ccoc6)C5(C)CCC4C1(C)C32. The van der Waals surface area contributed by atoms with Crippen molar-refractivity contribution in [1.82, 2.24) is 0 Å². The fourth-order valence-electron chi connectivity index (χ4n) is 9.99. The third-order valence-corrected chi connectivity index (χ3v) is 12.2. The average molecular weight is 539 g/mol. The van der Waals surface area contributed by atoms with Crippen molar-refractivity contribution in [2.45, 2.75) is 92.1 Å². The number of allylic oxidation sites excluding steroid dienone is 2. The summed E-state index contributed by atoms with van der Waals surface area (Å²) in [7, 11) is 0. The molecular formula is C32H42O7. The van der Waals surface area contributed by atoms with Crippen LogP contribution in [0.1, 0.15) is 79.4 Å². The average Bonchev–Trinajstić information content (AvgIpc) is 3.54. The lowest BCUT2D eigenvalue weighted by Crippen LogP contribution is -2.72. The van der Waals surface area contributed by atoms with Gasteiger partial charge in [0.25, 0.3) is 0 Å². The second kappa shape index (κ2) is 8.40. The first-order valence-electron chi connectivity index (χ1n) is 14.3. The Labute approximate surface area is 230 Å². The zero-order valence-corrected chi connectivity index (χ0v) is 24.1. The zero-order valence-electron chi connectivity index (χ0n) is 24.1. The molecule has 11 unspecified atom stereocenters. The van der Waals surface area contributed by atoms with Crippen molar-refractivity contribution in [2.24, 2.45) is 39.4 Å². The maximum Gasteiger partial charge on any atom is 0.331 e. The number of esters is 1. The molecule has 3 heterocycles. The van der Waals surface area contributed by atoms with Crippen molar-refractivity contribution in [3.05, 3.63) is 47.0 Å². The van der Waals surface area contributed by atoms with E-state index in [1.54, 1.807) is 18.6 Å². The smallest absolute Gasteiger partial charge is 0.331 e. The van der Waals surface area contributed by atoms with Crippen molar-refractivity contribution in [1.29, 1.82) is 0 Å². The van der Waals surface area contributed by atoms with Crippen LogP contribution in [-0.2, 0) is 19.1 Å². The van der Waals surface area contributed by atoms with Crippen molar-refractivity contribution >= 4 is 11.8 Å². The second-order valence-electron chi connectivity index (χ2n) is 14.1. The molecular weight excluding hydrogens is 496 g/mol. The number of cyclic esters (lactones) is 1. The number of aliphatic hydroxyl groups excluding tert-OH is 2. The number of hydrogen-bond donors (Lipinski definition) is 2. The van der Waals surface area contributed by atoms with Crippen molar-refractivity contribution in [3.8, 4) is 0 Å². The Morgan fingerprint density at radius 3 is 2.46 bits per heavy atom. The van der Waals surface area contributed by atoms with Gasteiger partial charge in [-0.3, -0.25) is 4.79 Å². The number of ketones is 1. The maximum absolute atomic E-state index is 14.2. The summed E-state index contributed by atoms with van der Waals surface area (Å²) in [6, 6.07) is 1.83. The number of ether oxygens (including phenoxy) is 2. The third-order valence-electron chi connectivity index (χ3n) is 12.2. The van der Waals surface area contributed by atoms with Crippen LogP contribution in [0, 0.1) is 39.4 Å². The number of furan rings is 1. The summed E-state index contributed by atoms with van der Waals surface area (Å²) in [5, 5.41) is 23.8. The van der Waals surface area contributed by atoms with Crippen LogP contribution in [0.25, 0.3) is 0 Å².